The van der Waals surface area contributed by atoms with Crippen molar-refractivity contribution in [2.75, 3.05) is 26.3 Å². The van der Waals surface area contributed by atoms with Crippen LogP contribution in [0.4, 0.5) is 4.39 Å². The van der Waals surface area contributed by atoms with Gasteiger partial charge in [0.1, 0.15) is 16.9 Å². The molecule has 1 fully saturated rings. The quantitative estimate of drug-likeness (QED) is 0.733. The van der Waals surface area contributed by atoms with E-state index in [9.17, 15) is 9.18 Å². The maximum atomic E-state index is 13.7. The first kappa shape index (κ1) is 18.0. The molecule has 7 heteroatoms. The Bertz CT molecular complexity index is 907. The van der Waals surface area contributed by atoms with Crippen LogP contribution in [0, 0.1) is 5.82 Å². The summed E-state index contributed by atoms with van der Waals surface area (Å²) < 4.78 is 20.2. The molecule has 140 valence electrons. The van der Waals surface area contributed by atoms with Crippen molar-refractivity contribution in [3.05, 3.63) is 64.9 Å². The normalized spacial score (nSPS) is 16.3. The Kier molecular flexibility index (Phi) is 5.42. The Labute approximate surface area is 160 Å². The van der Waals surface area contributed by atoms with Crippen LogP contribution in [0.15, 0.2) is 48.5 Å². The fraction of sp³-hybridized carbons (Fsp3) is 0.300. The van der Waals surface area contributed by atoms with E-state index in [1.54, 1.807) is 23.5 Å². The van der Waals surface area contributed by atoms with Gasteiger partial charge in [-0.1, -0.05) is 24.3 Å². The Morgan fingerprint density at radius 3 is 2.81 bits per heavy atom. The number of hydrogen-bond donors (Lipinski definition) is 1. The second kappa shape index (κ2) is 8.12. The number of aromatic nitrogens is 1. The lowest BCUT2D eigenvalue weighted by molar-refractivity contribution is -0.128. The first-order valence-corrected chi connectivity index (χ1v) is 9.72. The van der Waals surface area contributed by atoms with Gasteiger partial charge in [0.05, 0.1) is 30.0 Å². The van der Waals surface area contributed by atoms with Crippen LogP contribution in [-0.2, 0) is 16.1 Å². The fourth-order valence-corrected chi connectivity index (χ4v) is 4.20. The van der Waals surface area contributed by atoms with Crippen molar-refractivity contribution in [1.29, 1.82) is 0 Å². The fourth-order valence-electron chi connectivity index (χ4n) is 3.30. The van der Waals surface area contributed by atoms with Gasteiger partial charge in [0, 0.05) is 13.1 Å². The van der Waals surface area contributed by atoms with Gasteiger partial charge < -0.3 is 10.1 Å². The van der Waals surface area contributed by atoms with Crippen LogP contribution < -0.4 is 5.32 Å². The monoisotopic (exact) mass is 385 g/mol. The highest BCUT2D eigenvalue weighted by Gasteiger charge is 2.29. The molecular weight excluding hydrogens is 365 g/mol. The van der Waals surface area contributed by atoms with Crippen LogP contribution in [0.2, 0.25) is 0 Å². The number of thiazole rings is 1. The van der Waals surface area contributed by atoms with E-state index in [1.807, 2.05) is 29.2 Å². The lowest BCUT2D eigenvalue weighted by Gasteiger charge is -2.33. The molecule has 1 saturated heterocycles. The van der Waals surface area contributed by atoms with E-state index >= 15 is 0 Å². The number of hydrogen-bond acceptors (Lipinski definition) is 5. The number of carbonyl (C=O) groups is 1. The van der Waals surface area contributed by atoms with Crippen molar-refractivity contribution in [3.63, 3.8) is 0 Å². The number of carbonyl (C=O) groups excluding carboxylic acids is 1. The summed E-state index contributed by atoms with van der Waals surface area (Å²) in [5, 5.41) is 3.83. The summed E-state index contributed by atoms with van der Waals surface area (Å²) in [5.41, 5.74) is 1.58. The SMILES string of the molecule is O=C(NCc1nc2ccccc2s1)[C@@H](c1cccc(F)c1)N1CCOCC1. The van der Waals surface area contributed by atoms with E-state index < -0.39 is 6.04 Å². The number of morpholine rings is 1. The molecule has 2 heterocycles. The number of benzene rings is 2. The third-order valence-corrected chi connectivity index (χ3v) is 5.61. The summed E-state index contributed by atoms with van der Waals surface area (Å²) in [4.78, 5) is 19.6. The summed E-state index contributed by atoms with van der Waals surface area (Å²) in [6.45, 7) is 2.76. The number of halogens is 1. The molecule has 27 heavy (non-hydrogen) atoms. The number of rotatable bonds is 5. The minimum atomic E-state index is -0.543. The zero-order valence-electron chi connectivity index (χ0n) is 14.7. The van der Waals surface area contributed by atoms with Gasteiger partial charge in [-0.05, 0) is 29.8 Å². The molecule has 5 nitrogen and oxygen atoms in total. The summed E-state index contributed by atoms with van der Waals surface area (Å²) in [6.07, 6.45) is 0. The number of ether oxygens (including phenoxy) is 1. The topological polar surface area (TPSA) is 54.5 Å². The highest BCUT2D eigenvalue weighted by Crippen LogP contribution is 2.24. The van der Waals surface area contributed by atoms with Crippen molar-refractivity contribution in [2.24, 2.45) is 0 Å². The Morgan fingerprint density at radius 1 is 1.22 bits per heavy atom. The number of nitrogens with one attached hydrogen (secondary N) is 1. The second-order valence-corrected chi connectivity index (χ2v) is 7.51. The van der Waals surface area contributed by atoms with Crippen molar-refractivity contribution in [1.82, 2.24) is 15.2 Å². The molecule has 1 atom stereocenters. The molecule has 0 radical (unpaired) electrons. The molecular formula is C20H20FN3O2S. The third kappa shape index (κ3) is 4.16. The Balaban J connectivity index is 1.52. The van der Waals surface area contributed by atoms with E-state index in [2.05, 4.69) is 10.3 Å². The van der Waals surface area contributed by atoms with Gasteiger partial charge in [0.25, 0.3) is 0 Å². The molecule has 1 aromatic heterocycles. The average Bonchev–Trinajstić information content (AvgIpc) is 3.11. The molecule has 0 aliphatic carbocycles. The van der Waals surface area contributed by atoms with Gasteiger partial charge >= 0.3 is 0 Å². The average molecular weight is 385 g/mol. The van der Waals surface area contributed by atoms with Crippen LogP contribution >= 0.6 is 11.3 Å². The Morgan fingerprint density at radius 2 is 2.04 bits per heavy atom. The van der Waals surface area contributed by atoms with Crippen LogP contribution in [-0.4, -0.2) is 42.1 Å². The molecule has 0 bridgehead atoms. The molecule has 1 aliphatic rings. The minimum Gasteiger partial charge on any atom is -0.379 e. The lowest BCUT2D eigenvalue weighted by Crippen LogP contribution is -2.45. The lowest BCUT2D eigenvalue weighted by atomic mass is 10.0. The van der Waals surface area contributed by atoms with Crippen LogP contribution in [0.3, 0.4) is 0 Å². The van der Waals surface area contributed by atoms with Crippen molar-refractivity contribution >= 4 is 27.5 Å². The summed E-state index contributed by atoms with van der Waals surface area (Å²) in [5.74, 6) is -0.494. The molecule has 0 saturated carbocycles. The van der Waals surface area contributed by atoms with Crippen LogP contribution in [0.25, 0.3) is 10.2 Å². The third-order valence-electron chi connectivity index (χ3n) is 4.58. The molecule has 1 amide bonds. The first-order valence-electron chi connectivity index (χ1n) is 8.90. The summed E-state index contributed by atoms with van der Waals surface area (Å²) in [7, 11) is 0. The molecule has 4 rings (SSSR count). The zero-order chi connectivity index (χ0) is 18.6. The maximum absolute atomic E-state index is 13.7. The van der Waals surface area contributed by atoms with E-state index in [4.69, 9.17) is 4.74 Å². The molecule has 0 spiro atoms. The van der Waals surface area contributed by atoms with Gasteiger partial charge in [-0.15, -0.1) is 11.3 Å². The van der Waals surface area contributed by atoms with Gasteiger partial charge in [-0.25, -0.2) is 9.37 Å². The van der Waals surface area contributed by atoms with Crippen molar-refractivity contribution in [3.8, 4) is 0 Å². The molecule has 1 N–H and O–H groups in total. The van der Waals surface area contributed by atoms with E-state index in [-0.39, 0.29) is 11.7 Å². The van der Waals surface area contributed by atoms with Crippen LogP contribution in [0.5, 0.6) is 0 Å². The van der Waals surface area contributed by atoms with Gasteiger partial charge in [-0.3, -0.25) is 9.69 Å². The zero-order valence-corrected chi connectivity index (χ0v) is 15.5. The highest BCUT2D eigenvalue weighted by molar-refractivity contribution is 7.18. The summed E-state index contributed by atoms with van der Waals surface area (Å²) >= 11 is 1.57. The molecule has 0 unspecified atom stereocenters. The van der Waals surface area contributed by atoms with Crippen molar-refractivity contribution < 1.29 is 13.9 Å². The standard InChI is InChI=1S/C20H20FN3O2S/c21-15-5-3-4-14(12-15)19(24-8-10-26-11-9-24)20(25)22-13-18-23-16-6-1-2-7-17(16)27-18/h1-7,12,19H,8-11,13H2,(H,22,25)/t19-/m1/s1. The minimum absolute atomic E-state index is 0.151. The second-order valence-electron chi connectivity index (χ2n) is 6.40. The first-order chi connectivity index (χ1) is 13.2. The number of nitrogens with zero attached hydrogens (tertiary/aromatic N) is 2. The number of fused-ring (bicyclic) bond motifs is 1. The maximum Gasteiger partial charge on any atom is 0.242 e. The number of para-hydroxylation sites is 1. The number of amides is 1. The predicted molar refractivity (Wildman–Crippen MR) is 103 cm³/mol. The summed E-state index contributed by atoms with van der Waals surface area (Å²) in [6, 6.07) is 13.6. The van der Waals surface area contributed by atoms with Crippen LogP contribution in [0.1, 0.15) is 16.6 Å². The Hall–Kier alpha value is -2.35. The van der Waals surface area contributed by atoms with Gasteiger partial charge in [-0.2, -0.15) is 0 Å². The van der Waals surface area contributed by atoms with E-state index in [0.717, 1.165) is 15.2 Å². The smallest absolute Gasteiger partial charge is 0.242 e. The predicted octanol–water partition coefficient (Wildman–Crippen LogP) is 3.13. The van der Waals surface area contributed by atoms with E-state index in [0.29, 0.717) is 38.4 Å². The largest absolute Gasteiger partial charge is 0.379 e. The molecule has 2 aromatic carbocycles. The highest BCUT2D eigenvalue weighted by atomic mass is 32.1. The van der Waals surface area contributed by atoms with Gasteiger partial charge in [0.2, 0.25) is 5.91 Å². The molecule has 3 aromatic rings. The van der Waals surface area contributed by atoms with Crippen molar-refractivity contribution in [2.45, 2.75) is 12.6 Å². The van der Waals surface area contributed by atoms with E-state index in [1.165, 1.54) is 12.1 Å². The molecule has 1 aliphatic heterocycles. The van der Waals surface area contributed by atoms with Gasteiger partial charge in [0.15, 0.2) is 0 Å².